The number of rotatable bonds is 7. The number of ether oxygens (including phenoxy) is 1. The maximum absolute atomic E-state index is 13.7. The molecule has 7 nitrogen and oxygen atoms in total. The average molecular weight is 458 g/mol. The number of nitrogens with one attached hydrogen (secondary N) is 2. The molecule has 1 amide bonds. The zero-order chi connectivity index (χ0) is 23.4. The summed E-state index contributed by atoms with van der Waals surface area (Å²) in [7, 11) is -4.46. The summed E-state index contributed by atoms with van der Waals surface area (Å²) >= 11 is 0. The maximum Gasteiger partial charge on any atom is 0.338 e. The molecule has 2 rings (SSSR count). The Hall–Kier alpha value is -2.92. The Bertz CT molecular complexity index is 1080. The standard InChI is InChI=1S/C20H21F3N2O5S/c1-20(2,3)25-16(26)11-30-19(27)13-6-4-12(5-7-13)10-24-31(28,29)15-9-8-14(21)17(22)18(15)23/h4-9,24H,10-11H2,1-3H3,(H,25,26). The average Bonchev–Trinajstić information content (AvgIpc) is 2.67. The summed E-state index contributed by atoms with van der Waals surface area (Å²) in [6, 6.07) is 6.66. The third-order valence-corrected chi connectivity index (χ3v) is 5.21. The van der Waals surface area contributed by atoms with E-state index < -0.39 is 56.4 Å². The highest BCUT2D eigenvalue weighted by Gasteiger charge is 2.24. The second kappa shape index (κ2) is 9.48. The molecule has 0 bridgehead atoms. The lowest BCUT2D eigenvalue weighted by atomic mass is 10.1. The molecule has 2 aromatic rings. The van der Waals surface area contributed by atoms with Crippen LogP contribution in [0.3, 0.4) is 0 Å². The van der Waals surface area contributed by atoms with Crippen LogP contribution in [-0.2, 0) is 26.1 Å². The van der Waals surface area contributed by atoms with Gasteiger partial charge in [-0.3, -0.25) is 4.79 Å². The zero-order valence-electron chi connectivity index (χ0n) is 17.0. The van der Waals surface area contributed by atoms with Crippen molar-refractivity contribution in [3.63, 3.8) is 0 Å². The fourth-order valence-electron chi connectivity index (χ4n) is 2.40. The molecule has 0 fully saturated rings. The minimum absolute atomic E-state index is 0.127. The van der Waals surface area contributed by atoms with Gasteiger partial charge in [-0.1, -0.05) is 12.1 Å². The van der Waals surface area contributed by atoms with Gasteiger partial charge >= 0.3 is 5.97 Å². The molecule has 0 aliphatic rings. The SMILES string of the molecule is CC(C)(C)NC(=O)COC(=O)c1ccc(CNS(=O)(=O)c2ccc(F)c(F)c2F)cc1. The lowest BCUT2D eigenvalue weighted by Crippen LogP contribution is -2.42. The van der Waals surface area contributed by atoms with Crippen LogP contribution in [0.1, 0.15) is 36.7 Å². The Morgan fingerprint density at radius 1 is 0.968 bits per heavy atom. The van der Waals surface area contributed by atoms with Gasteiger partial charge in [-0.25, -0.2) is 31.1 Å². The molecule has 168 valence electrons. The molecule has 0 spiro atoms. The molecule has 0 aliphatic carbocycles. The van der Waals surface area contributed by atoms with Gasteiger partial charge in [0, 0.05) is 12.1 Å². The van der Waals surface area contributed by atoms with Gasteiger partial charge in [0.1, 0.15) is 4.90 Å². The number of hydrogen-bond donors (Lipinski definition) is 2. The summed E-state index contributed by atoms with van der Waals surface area (Å²) in [4.78, 5) is 22.7. The van der Waals surface area contributed by atoms with Crippen LogP contribution in [0.5, 0.6) is 0 Å². The molecule has 0 aromatic heterocycles. The van der Waals surface area contributed by atoms with E-state index in [9.17, 15) is 31.2 Å². The molecule has 0 saturated heterocycles. The Morgan fingerprint density at radius 2 is 1.58 bits per heavy atom. The smallest absolute Gasteiger partial charge is 0.338 e. The topological polar surface area (TPSA) is 102 Å². The number of esters is 1. The lowest BCUT2D eigenvalue weighted by Gasteiger charge is -2.20. The van der Waals surface area contributed by atoms with E-state index in [1.54, 1.807) is 20.8 Å². The lowest BCUT2D eigenvalue weighted by molar-refractivity contribution is -0.125. The molecule has 0 saturated carbocycles. The fourth-order valence-corrected chi connectivity index (χ4v) is 3.48. The first kappa shape index (κ1) is 24.4. The number of hydrogen-bond acceptors (Lipinski definition) is 5. The molecule has 2 N–H and O–H groups in total. The number of halogens is 3. The Kier molecular flexibility index (Phi) is 7.45. The predicted octanol–water partition coefficient (Wildman–Crippen LogP) is 2.65. The number of carbonyl (C=O) groups is 2. The summed E-state index contributed by atoms with van der Waals surface area (Å²) < 4.78 is 71.3. The highest BCUT2D eigenvalue weighted by atomic mass is 32.2. The van der Waals surface area contributed by atoms with Crippen LogP contribution >= 0.6 is 0 Å². The molecular formula is C20H21F3N2O5S. The van der Waals surface area contributed by atoms with E-state index in [1.807, 2.05) is 0 Å². The summed E-state index contributed by atoms with van der Waals surface area (Å²) in [6.07, 6.45) is 0. The van der Waals surface area contributed by atoms with Crippen LogP contribution in [0.25, 0.3) is 0 Å². The highest BCUT2D eigenvalue weighted by Crippen LogP contribution is 2.20. The number of benzene rings is 2. The molecule has 31 heavy (non-hydrogen) atoms. The summed E-state index contributed by atoms with van der Waals surface area (Å²) in [5, 5.41) is 2.64. The van der Waals surface area contributed by atoms with Crippen molar-refractivity contribution in [1.29, 1.82) is 0 Å². The normalized spacial score (nSPS) is 11.8. The third-order valence-electron chi connectivity index (χ3n) is 3.79. The highest BCUT2D eigenvalue weighted by molar-refractivity contribution is 7.89. The summed E-state index contributed by atoms with van der Waals surface area (Å²) in [5.74, 6) is -6.42. The molecule has 0 unspecified atom stereocenters. The van der Waals surface area contributed by atoms with E-state index in [0.29, 0.717) is 17.7 Å². The molecule has 0 aliphatic heterocycles. The summed E-state index contributed by atoms with van der Waals surface area (Å²) in [6.45, 7) is 4.57. The quantitative estimate of drug-likeness (QED) is 0.491. The molecule has 11 heteroatoms. The van der Waals surface area contributed by atoms with Gasteiger partial charge in [-0.05, 0) is 50.6 Å². The van der Waals surface area contributed by atoms with Crippen molar-refractivity contribution in [3.05, 3.63) is 65.0 Å². The van der Waals surface area contributed by atoms with E-state index in [4.69, 9.17) is 4.74 Å². The first-order chi connectivity index (χ1) is 14.3. The zero-order valence-corrected chi connectivity index (χ0v) is 17.8. The summed E-state index contributed by atoms with van der Waals surface area (Å²) in [5.41, 5.74) is 0.0524. The second-order valence-corrected chi connectivity index (χ2v) is 9.30. The van der Waals surface area contributed by atoms with Crippen molar-refractivity contribution in [3.8, 4) is 0 Å². The molecule has 0 atom stereocenters. The van der Waals surface area contributed by atoms with Crippen molar-refractivity contribution < 1.29 is 35.9 Å². The van der Waals surface area contributed by atoms with Crippen molar-refractivity contribution >= 4 is 21.9 Å². The molecule has 0 heterocycles. The Labute approximate surface area is 177 Å². The van der Waals surface area contributed by atoms with Crippen LogP contribution in [-0.4, -0.2) is 32.4 Å². The number of amides is 1. The van der Waals surface area contributed by atoms with Gasteiger partial charge in [0.25, 0.3) is 5.91 Å². The van der Waals surface area contributed by atoms with E-state index in [2.05, 4.69) is 10.0 Å². The minimum atomic E-state index is -4.46. The monoisotopic (exact) mass is 458 g/mol. The fraction of sp³-hybridized carbons (Fsp3) is 0.300. The number of carbonyl (C=O) groups excluding carboxylic acids is 2. The predicted molar refractivity (Wildman–Crippen MR) is 105 cm³/mol. The van der Waals surface area contributed by atoms with Gasteiger partial charge in [-0.2, -0.15) is 0 Å². The van der Waals surface area contributed by atoms with Crippen molar-refractivity contribution in [1.82, 2.24) is 10.0 Å². The van der Waals surface area contributed by atoms with E-state index in [1.165, 1.54) is 24.3 Å². The maximum atomic E-state index is 13.7. The molecular weight excluding hydrogens is 437 g/mol. The van der Waals surface area contributed by atoms with Crippen LogP contribution in [0, 0.1) is 17.5 Å². The van der Waals surface area contributed by atoms with Crippen LogP contribution < -0.4 is 10.0 Å². The van der Waals surface area contributed by atoms with Gasteiger partial charge in [0.05, 0.1) is 5.56 Å². The van der Waals surface area contributed by atoms with Gasteiger partial charge in [0.2, 0.25) is 10.0 Å². The molecule has 0 radical (unpaired) electrons. The van der Waals surface area contributed by atoms with E-state index in [0.717, 1.165) is 0 Å². The van der Waals surface area contributed by atoms with Crippen LogP contribution in [0.4, 0.5) is 13.2 Å². The largest absolute Gasteiger partial charge is 0.452 e. The minimum Gasteiger partial charge on any atom is -0.452 e. The van der Waals surface area contributed by atoms with Crippen molar-refractivity contribution in [2.75, 3.05) is 6.61 Å². The Morgan fingerprint density at radius 3 is 2.16 bits per heavy atom. The molecule has 2 aromatic carbocycles. The van der Waals surface area contributed by atoms with Crippen molar-refractivity contribution in [2.45, 2.75) is 37.8 Å². The van der Waals surface area contributed by atoms with Gasteiger partial charge < -0.3 is 10.1 Å². The van der Waals surface area contributed by atoms with Gasteiger partial charge in [-0.15, -0.1) is 0 Å². The first-order valence-corrected chi connectivity index (χ1v) is 10.5. The number of sulfonamides is 1. The second-order valence-electron chi connectivity index (χ2n) is 7.57. The van der Waals surface area contributed by atoms with Crippen LogP contribution in [0.15, 0.2) is 41.3 Å². The van der Waals surface area contributed by atoms with E-state index in [-0.39, 0.29) is 12.1 Å². The third kappa shape index (κ3) is 6.79. The first-order valence-electron chi connectivity index (χ1n) is 9.00. The van der Waals surface area contributed by atoms with Crippen molar-refractivity contribution in [2.24, 2.45) is 0 Å². The Balaban J connectivity index is 1.97. The van der Waals surface area contributed by atoms with Gasteiger partial charge in [0.15, 0.2) is 24.1 Å². The van der Waals surface area contributed by atoms with Crippen LogP contribution in [0.2, 0.25) is 0 Å². The van der Waals surface area contributed by atoms with E-state index >= 15 is 0 Å².